The van der Waals surface area contributed by atoms with Crippen molar-refractivity contribution < 1.29 is 13.1 Å². The van der Waals surface area contributed by atoms with Crippen molar-refractivity contribution in [3.05, 3.63) is 10.6 Å². The van der Waals surface area contributed by atoms with Crippen molar-refractivity contribution >= 4 is 20.2 Å². The number of likely N-dealkylation sites (N-methyl/N-ethyl adjacent to an activating group) is 2. The second-order valence-corrected chi connectivity index (χ2v) is 6.92. The molecule has 0 bridgehead atoms. The molecule has 0 unspecified atom stereocenters. The Morgan fingerprint density at radius 1 is 0.762 bits per heavy atom. The molecule has 0 aromatic carbocycles. The van der Waals surface area contributed by atoms with Crippen molar-refractivity contribution in [1.29, 1.82) is 0 Å². The minimum absolute atomic E-state index is 0.00694. The summed E-state index contributed by atoms with van der Waals surface area (Å²) in [6.07, 6.45) is 2.39. The third-order valence-electron chi connectivity index (χ3n) is 3.62. The van der Waals surface area contributed by atoms with Crippen molar-refractivity contribution in [3.8, 4) is 0 Å². The SMILES string of the molecule is CCN1CCC[N-]CCN(CC)CCC[N-]CC1.[Cl][Mn][Cl]. The quantitative estimate of drug-likeness (QED) is 0.687. The Morgan fingerprint density at radius 3 is 1.48 bits per heavy atom. The molecule has 4 nitrogen and oxygen atoms in total. The molecule has 0 aromatic rings. The zero-order valence-corrected chi connectivity index (χ0v) is 16.1. The summed E-state index contributed by atoms with van der Waals surface area (Å²) < 4.78 is 0. The van der Waals surface area contributed by atoms with Crippen LogP contribution in [0.3, 0.4) is 0 Å². The molecule has 21 heavy (non-hydrogen) atoms. The van der Waals surface area contributed by atoms with Crippen LogP contribution in [-0.4, -0.2) is 75.2 Å². The van der Waals surface area contributed by atoms with Gasteiger partial charge in [0.15, 0.2) is 0 Å². The number of hydrogen-bond acceptors (Lipinski definition) is 2. The summed E-state index contributed by atoms with van der Waals surface area (Å²) in [6, 6.07) is 0. The predicted octanol–water partition coefficient (Wildman–Crippen LogP) is 3.55. The topological polar surface area (TPSA) is 34.7 Å². The number of hydrogen-bond donors (Lipinski definition) is 0. The molecule has 0 N–H and O–H groups in total. The van der Waals surface area contributed by atoms with E-state index in [2.05, 4.69) is 34.3 Å². The van der Waals surface area contributed by atoms with Crippen molar-refractivity contribution in [1.82, 2.24) is 9.80 Å². The summed E-state index contributed by atoms with van der Waals surface area (Å²) in [5, 5.41) is 9.27. The molecule has 0 spiro atoms. The summed E-state index contributed by atoms with van der Waals surface area (Å²) in [6.45, 7) is 15.4. The fourth-order valence-electron chi connectivity index (χ4n) is 2.32. The van der Waals surface area contributed by atoms with E-state index < -0.39 is 0 Å². The van der Waals surface area contributed by atoms with Crippen LogP contribution in [0, 0.1) is 0 Å². The van der Waals surface area contributed by atoms with Gasteiger partial charge in [0, 0.05) is 0 Å². The Hall–Kier alpha value is 0.939. The van der Waals surface area contributed by atoms with E-state index in [1.807, 2.05) is 0 Å². The normalized spacial score (nSPS) is 21.1. The van der Waals surface area contributed by atoms with Crippen LogP contribution in [0.1, 0.15) is 26.7 Å². The van der Waals surface area contributed by atoms with Gasteiger partial charge in [-0.25, -0.2) is 0 Å². The third-order valence-corrected chi connectivity index (χ3v) is 3.62. The van der Waals surface area contributed by atoms with Crippen molar-refractivity contribution in [3.63, 3.8) is 0 Å². The second kappa shape index (κ2) is 17.3. The zero-order chi connectivity index (χ0) is 15.8. The molecule has 0 atom stereocenters. The second-order valence-electron chi connectivity index (χ2n) is 4.97. The summed E-state index contributed by atoms with van der Waals surface area (Å²) in [7, 11) is 9.59. The van der Waals surface area contributed by atoms with E-state index >= 15 is 0 Å². The Bertz CT molecular complexity index is 177. The molecule has 1 aliphatic rings. The molecule has 0 amide bonds. The first-order chi connectivity index (χ1) is 10.3. The Balaban J connectivity index is 0.00000122. The molecule has 1 saturated heterocycles. The minimum atomic E-state index is 0.00694. The molecule has 1 heterocycles. The van der Waals surface area contributed by atoms with Gasteiger partial charge in [0.05, 0.1) is 0 Å². The fraction of sp³-hybridized carbons (Fsp3) is 1.00. The van der Waals surface area contributed by atoms with Gasteiger partial charge in [-0.3, -0.25) is 0 Å². The van der Waals surface area contributed by atoms with E-state index in [-0.39, 0.29) is 13.1 Å². The van der Waals surface area contributed by atoms with Crippen molar-refractivity contribution in [2.45, 2.75) is 26.7 Å². The van der Waals surface area contributed by atoms with Crippen LogP contribution >= 0.6 is 20.2 Å². The van der Waals surface area contributed by atoms with Crippen LogP contribution in [0.4, 0.5) is 0 Å². The summed E-state index contributed by atoms with van der Waals surface area (Å²) in [5.74, 6) is 0. The van der Waals surface area contributed by atoms with E-state index in [0.717, 1.165) is 52.4 Å². The molecule has 1 aliphatic heterocycles. The first-order valence-electron chi connectivity index (χ1n) is 7.86. The molecular formula is C14H30Cl2MnN4-2. The molecular weight excluding hydrogens is 350 g/mol. The van der Waals surface area contributed by atoms with Crippen LogP contribution in [0.2, 0.25) is 0 Å². The van der Waals surface area contributed by atoms with Gasteiger partial charge in [0.2, 0.25) is 0 Å². The number of nitrogens with zero attached hydrogens (tertiary/aromatic N) is 4. The average Bonchev–Trinajstić information content (AvgIpc) is 2.50. The van der Waals surface area contributed by atoms with Crippen LogP contribution in [-0.2, 0) is 13.1 Å². The monoisotopic (exact) mass is 379 g/mol. The molecule has 129 valence electrons. The van der Waals surface area contributed by atoms with E-state index in [0.29, 0.717) is 0 Å². The molecule has 0 aliphatic carbocycles. The van der Waals surface area contributed by atoms with Crippen LogP contribution < -0.4 is 0 Å². The summed E-state index contributed by atoms with van der Waals surface area (Å²) in [4.78, 5) is 4.98. The van der Waals surface area contributed by atoms with Crippen LogP contribution in [0.15, 0.2) is 0 Å². The maximum atomic E-state index is 4.80. The standard InChI is InChI=1S/C14H30N4.2ClH.Mn/c1-3-17-11-5-7-16-10-14-18(4-2)12-6-8-15-9-13-17;;;/h3-14H2,1-2H3;2*1H;/q-2;;;+2/p-2. The van der Waals surface area contributed by atoms with Gasteiger partial charge in [0.25, 0.3) is 0 Å². The fourth-order valence-corrected chi connectivity index (χ4v) is 2.32. The van der Waals surface area contributed by atoms with Crippen LogP contribution in [0.5, 0.6) is 0 Å². The maximum absolute atomic E-state index is 4.80. The Morgan fingerprint density at radius 2 is 1.14 bits per heavy atom. The van der Waals surface area contributed by atoms with E-state index in [1.165, 1.54) is 25.9 Å². The van der Waals surface area contributed by atoms with Gasteiger partial charge >= 0.3 is 33.3 Å². The zero-order valence-electron chi connectivity index (χ0n) is 13.4. The van der Waals surface area contributed by atoms with Crippen molar-refractivity contribution in [2.24, 2.45) is 0 Å². The van der Waals surface area contributed by atoms with Gasteiger partial charge in [-0.1, -0.05) is 26.7 Å². The Kier molecular flexibility index (Phi) is 18.1. The van der Waals surface area contributed by atoms with Gasteiger partial charge in [0.1, 0.15) is 0 Å². The van der Waals surface area contributed by atoms with Gasteiger partial charge in [-0.2, -0.15) is 0 Å². The van der Waals surface area contributed by atoms with E-state index in [1.54, 1.807) is 0 Å². The Labute approximate surface area is 145 Å². The summed E-state index contributed by atoms with van der Waals surface area (Å²) >= 11 is 0.00694. The molecule has 1 fully saturated rings. The third kappa shape index (κ3) is 14.3. The van der Waals surface area contributed by atoms with Gasteiger partial charge in [-0.15, -0.1) is 26.2 Å². The summed E-state index contributed by atoms with van der Waals surface area (Å²) in [5.41, 5.74) is 0. The molecule has 1 rings (SSSR count). The first kappa shape index (κ1) is 21.9. The molecule has 7 heteroatoms. The van der Waals surface area contributed by atoms with Gasteiger partial charge in [-0.05, 0) is 39.3 Å². The van der Waals surface area contributed by atoms with Crippen molar-refractivity contribution in [2.75, 3.05) is 65.4 Å². The van der Waals surface area contributed by atoms with Gasteiger partial charge < -0.3 is 20.4 Å². The van der Waals surface area contributed by atoms with E-state index in [4.69, 9.17) is 20.2 Å². The molecule has 0 saturated carbocycles. The molecule has 0 aromatic heterocycles. The number of halogens is 2. The molecule has 0 radical (unpaired) electrons. The first-order valence-corrected chi connectivity index (χ1v) is 11.1. The van der Waals surface area contributed by atoms with Crippen LogP contribution in [0.25, 0.3) is 10.6 Å². The average molecular weight is 380 g/mol. The number of rotatable bonds is 2. The van der Waals surface area contributed by atoms with E-state index in [9.17, 15) is 0 Å². The predicted molar refractivity (Wildman–Crippen MR) is 91.4 cm³/mol.